The van der Waals surface area contributed by atoms with E-state index in [2.05, 4.69) is 31.9 Å². The maximum atomic E-state index is 5.67. The van der Waals surface area contributed by atoms with Crippen LogP contribution in [0, 0.1) is 0 Å². The Bertz CT molecular complexity index is 138. The fourth-order valence-corrected chi connectivity index (χ4v) is 2.91. The van der Waals surface area contributed by atoms with Crippen LogP contribution in [0.25, 0.3) is 0 Å². The zero-order valence-electron chi connectivity index (χ0n) is 12.5. The smallest absolute Gasteiger partial charge is 0.0466 e. The van der Waals surface area contributed by atoms with Gasteiger partial charge in [-0.2, -0.15) is 0 Å². The van der Waals surface area contributed by atoms with Crippen molar-refractivity contribution in [2.24, 2.45) is 0 Å². The zero-order valence-corrected chi connectivity index (χ0v) is 15.6. The molecule has 0 aromatic rings. The van der Waals surface area contributed by atoms with Crippen LogP contribution in [0.4, 0.5) is 0 Å². The second kappa shape index (κ2) is 18.9. The van der Waals surface area contributed by atoms with E-state index in [1.165, 1.54) is 77.0 Å². The maximum absolute atomic E-state index is 5.67. The van der Waals surface area contributed by atoms with Crippen molar-refractivity contribution >= 4 is 31.9 Å². The Morgan fingerprint density at radius 2 is 0.737 bits per heavy atom. The Labute approximate surface area is 137 Å². The average Bonchev–Trinajstić information content (AvgIpc) is 2.43. The van der Waals surface area contributed by atoms with Crippen LogP contribution in [-0.2, 0) is 4.74 Å². The van der Waals surface area contributed by atoms with Gasteiger partial charge in [0.1, 0.15) is 0 Å². The molecule has 0 heterocycles. The van der Waals surface area contributed by atoms with Crippen LogP contribution >= 0.6 is 31.9 Å². The standard InChI is InChI=1S/C16H32Br2O/c17-13-9-5-1-3-7-11-15-19-16-12-8-4-2-6-10-14-18/h1-16H2. The molecule has 0 unspecified atom stereocenters. The van der Waals surface area contributed by atoms with E-state index in [4.69, 9.17) is 4.74 Å². The molecule has 1 nitrogen and oxygen atoms in total. The Morgan fingerprint density at radius 1 is 0.421 bits per heavy atom. The van der Waals surface area contributed by atoms with Crippen LogP contribution in [0.2, 0.25) is 0 Å². The van der Waals surface area contributed by atoms with Crippen molar-refractivity contribution in [2.45, 2.75) is 77.0 Å². The van der Waals surface area contributed by atoms with Crippen molar-refractivity contribution in [3.05, 3.63) is 0 Å². The minimum absolute atomic E-state index is 0.974. The third kappa shape index (κ3) is 18.9. The second-order valence-electron chi connectivity index (χ2n) is 5.23. The number of alkyl halides is 2. The minimum atomic E-state index is 0.974. The Hall–Kier alpha value is 0.920. The molecule has 0 saturated heterocycles. The molecule has 0 aliphatic heterocycles. The average molecular weight is 400 g/mol. The van der Waals surface area contributed by atoms with Gasteiger partial charge in [0.05, 0.1) is 0 Å². The van der Waals surface area contributed by atoms with E-state index >= 15 is 0 Å². The number of hydrogen-bond acceptors (Lipinski definition) is 1. The SMILES string of the molecule is BrCCCCCCCCOCCCCCCCCBr. The predicted octanol–water partition coefficient (Wildman–Crippen LogP) is 6.47. The lowest BCUT2D eigenvalue weighted by Gasteiger charge is -2.04. The van der Waals surface area contributed by atoms with Crippen molar-refractivity contribution in [2.75, 3.05) is 23.9 Å². The van der Waals surface area contributed by atoms with Crippen molar-refractivity contribution in [1.82, 2.24) is 0 Å². The number of rotatable bonds is 16. The van der Waals surface area contributed by atoms with Gasteiger partial charge in [-0.25, -0.2) is 0 Å². The van der Waals surface area contributed by atoms with Crippen LogP contribution in [0.3, 0.4) is 0 Å². The molecule has 0 fully saturated rings. The van der Waals surface area contributed by atoms with Crippen molar-refractivity contribution in [3.8, 4) is 0 Å². The summed E-state index contributed by atoms with van der Waals surface area (Å²) in [4.78, 5) is 0. The molecule has 19 heavy (non-hydrogen) atoms. The summed E-state index contributed by atoms with van der Waals surface area (Å²) in [6, 6.07) is 0. The van der Waals surface area contributed by atoms with Gasteiger partial charge in [-0.15, -0.1) is 0 Å². The molecular formula is C16H32Br2O. The quantitative estimate of drug-likeness (QED) is 0.213. The van der Waals surface area contributed by atoms with Crippen LogP contribution in [0.1, 0.15) is 77.0 Å². The van der Waals surface area contributed by atoms with Gasteiger partial charge in [0.2, 0.25) is 0 Å². The van der Waals surface area contributed by atoms with Crippen LogP contribution in [0.5, 0.6) is 0 Å². The summed E-state index contributed by atoms with van der Waals surface area (Å²) in [6.45, 7) is 1.95. The second-order valence-corrected chi connectivity index (χ2v) is 6.82. The van der Waals surface area contributed by atoms with Gasteiger partial charge in [0.15, 0.2) is 0 Å². The zero-order chi connectivity index (χ0) is 14.0. The molecule has 0 amide bonds. The lowest BCUT2D eigenvalue weighted by atomic mass is 10.1. The van der Waals surface area contributed by atoms with E-state index in [-0.39, 0.29) is 0 Å². The Morgan fingerprint density at radius 3 is 1.11 bits per heavy atom. The Kier molecular flexibility index (Phi) is 19.8. The molecule has 0 aromatic carbocycles. The summed E-state index contributed by atoms with van der Waals surface area (Å²) in [5.74, 6) is 0. The summed E-state index contributed by atoms with van der Waals surface area (Å²) in [5, 5.41) is 2.32. The largest absolute Gasteiger partial charge is 0.381 e. The Balaban J connectivity index is 2.88. The van der Waals surface area contributed by atoms with Gasteiger partial charge < -0.3 is 4.74 Å². The van der Waals surface area contributed by atoms with Gasteiger partial charge in [-0.3, -0.25) is 0 Å². The highest BCUT2D eigenvalue weighted by atomic mass is 79.9. The lowest BCUT2D eigenvalue weighted by Crippen LogP contribution is -1.97. The first-order valence-electron chi connectivity index (χ1n) is 8.11. The van der Waals surface area contributed by atoms with E-state index in [0.29, 0.717) is 0 Å². The highest BCUT2D eigenvalue weighted by Crippen LogP contribution is 2.08. The molecule has 0 bridgehead atoms. The molecule has 0 aromatic heterocycles. The van der Waals surface area contributed by atoms with Gasteiger partial charge in [-0.05, 0) is 25.7 Å². The van der Waals surface area contributed by atoms with Gasteiger partial charge in [0.25, 0.3) is 0 Å². The highest BCUT2D eigenvalue weighted by molar-refractivity contribution is 9.09. The first kappa shape index (κ1) is 19.9. The molecule has 0 N–H and O–H groups in total. The number of halogens is 2. The molecule has 0 spiro atoms. The topological polar surface area (TPSA) is 9.23 Å². The summed E-state index contributed by atoms with van der Waals surface area (Å²) < 4.78 is 5.67. The molecule has 0 saturated carbocycles. The van der Waals surface area contributed by atoms with Crippen LogP contribution < -0.4 is 0 Å². The van der Waals surface area contributed by atoms with Crippen molar-refractivity contribution in [1.29, 1.82) is 0 Å². The fourth-order valence-electron chi connectivity index (χ4n) is 2.11. The van der Waals surface area contributed by atoms with E-state index in [1.54, 1.807) is 0 Å². The van der Waals surface area contributed by atoms with Gasteiger partial charge in [0, 0.05) is 23.9 Å². The van der Waals surface area contributed by atoms with E-state index in [0.717, 1.165) is 23.9 Å². The minimum Gasteiger partial charge on any atom is -0.381 e. The monoisotopic (exact) mass is 398 g/mol. The first-order valence-corrected chi connectivity index (χ1v) is 10.4. The fraction of sp³-hybridized carbons (Fsp3) is 1.00. The van der Waals surface area contributed by atoms with E-state index < -0.39 is 0 Å². The highest BCUT2D eigenvalue weighted by Gasteiger charge is 1.93. The molecule has 0 radical (unpaired) electrons. The molecule has 0 aliphatic rings. The summed E-state index contributed by atoms with van der Waals surface area (Å²) in [7, 11) is 0. The molecule has 0 aliphatic carbocycles. The summed E-state index contributed by atoms with van der Waals surface area (Å²) >= 11 is 6.94. The molecule has 0 rings (SSSR count). The summed E-state index contributed by atoms with van der Waals surface area (Å²) in [5.41, 5.74) is 0. The lowest BCUT2D eigenvalue weighted by molar-refractivity contribution is 0.125. The van der Waals surface area contributed by atoms with Gasteiger partial charge >= 0.3 is 0 Å². The first-order chi connectivity index (χ1) is 9.41. The molecular weight excluding hydrogens is 368 g/mol. The summed E-state index contributed by atoms with van der Waals surface area (Å²) in [6.07, 6.45) is 16.1. The molecule has 0 atom stereocenters. The molecule has 3 heteroatoms. The van der Waals surface area contributed by atoms with Crippen molar-refractivity contribution in [3.63, 3.8) is 0 Å². The van der Waals surface area contributed by atoms with E-state index in [1.807, 2.05) is 0 Å². The van der Waals surface area contributed by atoms with Crippen molar-refractivity contribution < 1.29 is 4.74 Å². The van der Waals surface area contributed by atoms with Gasteiger partial charge in [-0.1, -0.05) is 83.2 Å². The van der Waals surface area contributed by atoms with Crippen LogP contribution in [0.15, 0.2) is 0 Å². The molecule has 116 valence electrons. The number of hydrogen-bond donors (Lipinski definition) is 0. The number of ether oxygens (including phenoxy) is 1. The normalized spacial score (nSPS) is 11.1. The third-order valence-electron chi connectivity index (χ3n) is 3.34. The third-order valence-corrected chi connectivity index (χ3v) is 4.47. The number of unbranched alkanes of at least 4 members (excludes halogenated alkanes) is 10. The van der Waals surface area contributed by atoms with Crippen LogP contribution in [-0.4, -0.2) is 23.9 Å². The predicted molar refractivity (Wildman–Crippen MR) is 93.8 cm³/mol. The maximum Gasteiger partial charge on any atom is 0.0466 e. The van der Waals surface area contributed by atoms with E-state index in [9.17, 15) is 0 Å².